The highest BCUT2D eigenvalue weighted by Gasteiger charge is 2.45. The van der Waals surface area contributed by atoms with E-state index in [-0.39, 0.29) is 0 Å². The summed E-state index contributed by atoms with van der Waals surface area (Å²) in [5, 5.41) is 0. The first-order chi connectivity index (χ1) is 4.81. The smallest absolute Gasteiger partial charge is 0.103 e. The van der Waals surface area contributed by atoms with Crippen LogP contribution in [0.1, 0.15) is 32.6 Å². The number of hydrogen-bond donors (Lipinski definition) is 0. The Morgan fingerprint density at radius 2 is 2.30 bits per heavy atom. The van der Waals surface area contributed by atoms with Gasteiger partial charge in [0.1, 0.15) is 6.10 Å². The molecule has 0 saturated heterocycles. The second kappa shape index (κ2) is 2.01. The molecule has 2 rings (SSSR count). The van der Waals surface area contributed by atoms with Gasteiger partial charge in [-0.1, -0.05) is 6.92 Å². The van der Waals surface area contributed by atoms with Crippen LogP contribution >= 0.6 is 0 Å². The minimum absolute atomic E-state index is 0.525. The minimum Gasteiger partial charge on any atom is -0.498 e. The Morgan fingerprint density at radius 1 is 1.50 bits per heavy atom. The Kier molecular flexibility index (Phi) is 1.26. The summed E-state index contributed by atoms with van der Waals surface area (Å²) >= 11 is 0. The molecule has 0 N–H and O–H groups in total. The van der Waals surface area contributed by atoms with Crippen molar-refractivity contribution in [2.45, 2.75) is 38.7 Å². The quantitative estimate of drug-likeness (QED) is 0.541. The third kappa shape index (κ3) is 0.938. The maximum Gasteiger partial charge on any atom is 0.103 e. The van der Waals surface area contributed by atoms with Crippen molar-refractivity contribution in [1.82, 2.24) is 0 Å². The molecule has 1 atom stereocenters. The van der Waals surface area contributed by atoms with Gasteiger partial charge in [0, 0.05) is 5.41 Å². The second-order valence-corrected chi connectivity index (χ2v) is 3.73. The van der Waals surface area contributed by atoms with Gasteiger partial charge in [0.2, 0.25) is 0 Å². The van der Waals surface area contributed by atoms with Gasteiger partial charge in [-0.25, -0.2) is 0 Å². The molecule has 1 nitrogen and oxygen atoms in total. The van der Waals surface area contributed by atoms with Crippen LogP contribution in [0.25, 0.3) is 0 Å². The molecule has 0 bridgehead atoms. The van der Waals surface area contributed by atoms with Crippen molar-refractivity contribution >= 4 is 0 Å². The minimum atomic E-state index is 0.525. The Bertz CT molecular complexity index is 156. The molecule has 0 amide bonds. The zero-order chi connectivity index (χ0) is 7.03. The van der Waals surface area contributed by atoms with Crippen molar-refractivity contribution < 1.29 is 4.74 Å². The highest BCUT2D eigenvalue weighted by Crippen LogP contribution is 2.51. The van der Waals surface area contributed by atoms with E-state index in [1.807, 2.05) is 6.26 Å². The molecule has 1 fully saturated rings. The fourth-order valence-electron chi connectivity index (χ4n) is 1.57. The van der Waals surface area contributed by atoms with Crippen LogP contribution in [0.15, 0.2) is 12.3 Å². The molecule has 1 aliphatic heterocycles. The average molecular weight is 138 g/mol. The van der Waals surface area contributed by atoms with Crippen LogP contribution in [0.5, 0.6) is 0 Å². The zero-order valence-electron chi connectivity index (χ0n) is 6.47. The lowest BCUT2D eigenvalue weighted by Gasteiger charge is -2.24. The van der Waals surface area contributed by atoms with Gasteiger partial charge < -0.3 is 4.74 Å². The predicted molar refractivity (Wildman–Crippen MR) is 40.6 cm³/mol. The van der Waals surface area contributed by atoms with E-state index >= 15 is 0 Å². The SMILES string of the molecule is CC1([C@@H]2CCC=CO2)CC1. The van der Waals surface area contributed by atoms with Crippen LogP contribution in [0.4, 0.5) is 0 Å². The summed E-state index contributed by atoms with van der Waals surface area (Å²) in [5.74, 6) is 0. The van der Waals surface area contributed by atoms with Crippen LogP contribution in [0.3, 0.4) is 0 Å². The fourth-order valence-corrected chi connectivity index (χ4v) is 1.57. The summed E-state index contributed by atoms with van der Waals surface area (Å²) in [6.45, 7) is 2.33. The summed E-state index contributed by atoms with van der Waals surface area (Å²) in [7, 11) is 0. The van der Waals surface area contributed by atoms with E-state index in [4.69, 9.17) is 4.74 Å². The van der Waals surface area contributed by atoms with E-state index in [9.17, 15) is 0 Å². The summed E-state index contributed by atoms with van der Waals surface area (Å²) in [6.07, 6.45) is 9.68. The molecule has 1 saturated carbocycles. The predicted octanol–water partition coefficient (Wildman–Crippen LogP) is 2.48. The van der Waals surface area contributed by atoms with Crippen LogP contribution in [-0.2, 0) is 4.74 Å². The average Bonchev–Trinajstić information content (AvgIpc) is 2.72. The van der Waals surface area contributed by atoms with E-state index in [0.29, 0.717) is 11.5 Å². The van der Waals surface area contributed by atoms with Crippen molar-refractivity contribution in [2.75, 3.05) is 0 Å². The molecule has 0 spiro atoms. The topological polar surface area (TPSA) is 9.23 Å². The van der Waals surface area contributed by atoms with E-state index in [0.717, 1.165) is 0 Å². The molecule has 0 aromatic rings. The lowest BCUT2D eigenvalue weighted by Crippen LogP contribution is -2.22. The van der Waals surface area contributed by atoms with E-state index in [1.54, 1.807) is 0 Å². The van der Waals surface area contributed by atoms with Crippen molar-refractivity contribution in [1.29, 1.82) is 0 Å². The fraction of sp³-hybridized carbons (Fsp3) is 0.778. The summed E-state index contributed by atoms with van der Waals surface area (Å²) in [5.41, 5.74) is 0.546. The van der Waals surface area contributed by atoms with Gasteiger partial charge in [-0.3, -0.25) is 0 Å². The molecule has 56 valence electrons. The first-order valence-corrected chi connectivity index (χ1v) is 4.12. The Labute approximate surface area is 62.1 Å². The van der Waals surface area contributed by atoms with Gasteiger partial charge in [-0.2, -0.15) is 0 Å². The third-order valence-electron chi connectivity index (χ3n) is 2.75. The molecule has 1 aliphatic carbocycles. The Balaban J connectivity index is 1.99. The van der Waals surface area contributed by atoms with Crippen LogP contribution in [-0.4, -0.2) is 6.10 Å². The van der Waals surface area contributed by atoms with Gasteiger partial charge in [0.05, 0.1) is 6.26 Å². The second-order valence-electron chi connectivity index (χ2n) is 3.73. The molecule has 0 radical (unpaired) electrons. The lowest BCUT2D eigenvalue weighted by atomic mass is 9.96. The standard InChI is InChI=1S/C9H14O/c1-9(5-6-9)8-4-2-3-7-10-8/h3,7-8H,2,4-6H2,1H3/t8-/m0/s1. The third-order valence-corrected chi connectivity index (χ3v) is 2.75. The molecule has 1 heterocycles. The largest absolute Gasteiger partial charge is 0.498 e. The maximum atomic E-state index is 5.52. The maximum absolute atomic E-state index is 5.52. The van der Waals surface area contributed by atoms with Crippen LogP contribution < -0.4 is 0 Å². The number of allylic oxidation sites excluding steroid dienone is 1. The van der Waals surface area contributed by atoms with Crippen molar-refractivity contribution in [2.24, 2.45) is 5.41 Å². The number of hydrogen-bond acceptors (Lipinski definition) is 1. The van der Waals surface area contributed by atoms with Gasteiger partial charge in [-0.15, -0.1) is 0 Å². The van der Waals surface area contributed by atoms with Crippen molar-refractivity contribution in [3.63, 3.8) is 0 Å². The molecule has 1 heteroatoms. The van der Waals surface area contributed by atoms with Crippen molar-refractivity contribution in [3.05, 3.63) is 12.3 Å². The Morgan fingerprint density at radius 3 is 2.80 bits per heavy atom. The molecular formula is C9H14O. The molecule has 0 unspecified atom stereocenters. The monoisotopic (exact) mass is 138 g/mol. The van der Waals surface area contributed by atoms with Gasteiger partial charge in [0.25, 0.3) is 0 Å². The van der Waals surface area contributed by atoms with Gasteiger partial charge in [0.15, 0.2) is 0 Å². The molecule has 0 aromatic carbocycles. The number of ether oxygens (including phenoxy) is 1. The molecule has 10 heavy (non-hydrogen) atoms. The molecular weight excluding hydrogens is 124 g/mol. The number of rotatable bonds is 1. The molecule has 0 aromatic heterocycles. The van der Waals surface area contributed by atoms with Crippen LogP contribution in [0.2, 0.25) is 0 Å². The molecule has 2 aliphatic rings. The van der Waals surface area contributed by atoms with Crippen molar-refractivity contribution in [3.8, 4) is 0 Å². The highest BCUT2D eigenvalue weighted by molar-refractivity contribution is 4.99. The normalized spacial score (nSPS) is 35.1. The van der Waals surface area contributed by atoms with Crippen LogP contribution in [0, 0.1) is 5.41 Å². The Hall–Kier alpha value is -0.460. The highest BCUT2D eigenvalue weighted by atomic mass is 16.5. The lowest BCUT2D eigenvalue weighted by molar-refractivity contribution is 0.0639. The van der Waals surface area contributed by atoms with E-state index < -0.39 is 0 Å². The van der Waals surface area contributed by atoms with E-state index in [2.05, 4.69) is 13.0 Å². The zero-order valence-corrected chi connectivity index (χ0v) is 6.47. The summed E-state index contributed by atoms with van der Waals surface area (Å²) in [6, 6.07) is 0. The first-order valence-electron chi connectivity index (χ1n) is 4.12. The summed E-state index contributed by atoms with van der Waals surface area (Å²) in [4.78, 5) is 0. The first kappa shape index (κ1) is 6.26. The van der Waals surface area contributed by atoms with Gasteiger partial charge >= 0.3 is 0 Å². The van der Waals surface area contributed by atoms with E-state index in [1.165, 1.54) is 25.7 Å². The summed E-state index contributed by atoms with van der Waals surface area (Å²) < 4.78 is 5.52. The van der Waals surface area contributed by atoms with Gasteiger partial charge in [-0.05, 0) is 31.8 Å².